The molecule has 7 heteroatoms. The van der Waals surface area contributed by atoms with Gasteiger partial charge in [0.25, 0.3) is 0 Å². The molecule has 1 aliphatic rings. The lowest BCUT2D eigenvalue weighted by Crippen LogP contribution is -2.31. The fourth-order valence-electron chi connectivity index (χ4n) is 2.15. The van der Waals surface area contributed by atoms with Crippen molar-refractivity contribution in [2.75, 3.05) is 39.2 Å². The molecule has 130 valence electrons. The number of halogens is 1. The molecular formula is C16H26IN3O3. The maximum Gasteiger partial charge on any atom is 0.195 e. The smallest absolute Gasteiger partial charge is 0.195 e. The molecule has 23 heavy (non-hydrogen) atoms. The second-order valence-electron chi connectivity index (χ2n) is 5.55. The van der Waals surface area contributed by atoms with Crippen LogP contribution in [0.1, 0.15) is 19.8 Å². The van der Waals surface area contributed by atoms with Crippen LogP contribution in [0.5, 0.6) is 11.5 Å². The van der Waals surface area contributed by atoms with E-state index in [4.69, 9.17) is 9.47 Å². The number of aliphatic hydroxyl groups excluding tert-OH is 1. The van der Waals surface area contributed by atoms with E-state index >= 15 is 0 Å². The number of methoxy groups -OCH3 is 2. The Morgan fingerprint density at radius 2 is 1.96 bits per heavy atom. The van der Waals surface area contributed by atoms with Crippen LogP contribution in [-0.2, 0) is 0 Å². The molecule has 6 nitrogen and oxygen atoms in total. The summed E-state index contributed by atoms with van der Waals surface area (Å²) in [5, 5.41) is 15.8. The Hall–Kier alpha value is -1.22. The Balaban J connectivity index is 0.00000264. The first kappa shape index (κ1) is 19.8. The molecule has 1 saturated carbocycles. The van der Waals surface area contributed by atoms with Crippen LogP contribution in [0.3, 0.4) is 0 Å². The van der Waals surface area contributed by atoms with Gasteiger partial charge < -0.3 is 25.2 Å². The molecule has 0 spiro atoms. The molecule has 1 aliphatic carbocycles. The van der Waals surface area contributed by atoms with E-state index in [2.05, 4.69) is 15.6 Å². The van der Waals surface area contributed by atoms with Crippen LogP contribution in [0.25, 0.3) is 0 Å². The molecule has 0 aliphatic heterocycles. The number of hydrogen-bond donors (Lipinski definition) is 3. The van der Waals surface area contributed by atoms with Crippen LogP contribution in [0.4, 0.5) is 5.69 Å². The third kappa shape index (κ3) is 5.42. The first-order valence-electron chi connectivity index (χ1n) is 7.54. The van der Waals surface area contributed by atoms with Gasteiger partial charge in [0.15, 0.2) is 17.5 Å². The zero-order valence-electron chi connectivity index (χ0n) is 13.9. The molecule has 2 rings (SSSR count). The lowest BCUT2D eigenvalue weighted by atomic mass is 10.1. The summed E-state index contributed by atoms with van der Waals surface area (Å²) in [4.78, 5) is 4.57. The van der Waals surface area contributed by atoms with Gasteiger partial charge in [-0.2, -0.15) is 0 Å². The fraction of sp³-hybridized carbons (Fsp3) is 0.562. The van der Waals surface area contributed by atoms with E-state index in [-0.39, 0.29) is 36.0 Å². The molecule has 1 fully saturated rings. The van der Waals surface area contributed by atoms with Crippen molar-refractivity contribution in [1.29, 1.82) is 0 Å². The molecule has 3 N–H and O–H groups in total. The molecule has 0 amide bonds. The number of rotatable bonds is 7. The van der Waals surface area contributed by atoms with Crippen LogP contribution in [0.15, 0.2) is 23.2 Å². The molecule has 0 saturated heterocycles. The average Bonchev–Trinajstić information content (AvgIpc) is 3.33. The number of nitrogens with zero attached hydrogens (tertiary/aromatic N) is 1. The molecule has 0 radical (unpaired) electrons. The summed E-state index contributed by atoms with van der Waals surface area (Å²) in [6.07, 6.45) is 2.09. The van der Waals surface area contributed by atoms with E-state index in [0.29, 0.717) is 24.0 Å². The van der Waals surface area contributed by atoms with Crippen molar-refractivity contribution in [1.82, 2.24) is 5.32 Å². The van der Waals surface area contributed by atoms with Gasteiger partial charge in [-0.25, -0.2) is 0 Å². The Labute approximate surface area is 154 Å². The Morgan fingerprint density at radius 1 is 1.26 bits per heavy atom. The Kier molecular flexibility index (Phi) is 7.90. The summed E-state index contributed by atoms with van der Waals surface area (Å²) in [6.45, 7) is 3.62. The molecule has 1 aromatic rings. The lowest BCUT2D eigenvalue weighted by Gasteiger charge is -2.15. The second kappa shape index (κ2) is 9.17. The van der Waals surface area contributed by atoms with Gasteiger partial charge in [-0.3, -0.25) is 4.99 Å². The van der Waals surface area contributed by atoms with Crippen molar-refractivity contribution in [3.05, 3.63) is 18.2 Å². The number of hydrogen-bond acceptors (Lipinski definition) is 4. The van der Waals surface area contributed by atoms with Crippen molar-refractivity contribution < 1.29 is 14.6 Å². The summed E-state index contributed by atoms with van der Waals surface area (Å²) >= 11 is 0. The van der Waals surface area contributed by atoms with Crippen molar-refractivity contribution in [3.63, 3.8) is 0 Å². The van der Waals surface area contributed by atoms with Crippen molar-refractivity contribution in [2.24, 2.45) is 10.4 Å². The van der Waals surface area contributed by atoms with Gasteiger partial charge in [0.1, 0.15) is 0 Å². The predicted octanol–water partition coefficient (Wildman–Crippen LogP) is 2.47. The van der Waals surface area contributed by atoms with Gasteiger partial charge in [0.2, 0.25) is 0 Å². The minimum atomic E-state index is -0.0000501. The Bertz CT molecular complexity index is 533. The maximum absolute atomic E-state index is 9.37. The third-order valence-electron chi connectivity index (χ3n) is 3.86. The number of aliphatic hydroxyl groups is 1. The molecule has 0 unspecified atom stereocenters. The van der Waals surface area contributed by atoms with Gasteiger partial charge in [0.05, 0.1) is 27.4 Å². The lowest BCUT2D eigenvalue weighted by molar-refractivity contribution is 0.217. The number of nitrogens with one attached hydrogen (secondary N) is 2. The highest BCUT2D eigenvalue weighted by Crippen LogP contribution is 2.45. The molecular weight excluding hydrogens is 409 g/mol. The highest BCUT2D eigenvalue weighted by atomic mass is 127. The largest absolute Gasteiger partial charge is 0.493 e. The van der Waals surface area contributed by atoms with E-state index in [0.717, 1.165) is 25.1 Å². The minimum Gasteiger partial charge on any atom is -0.493 e. The third-order valence-corrected chi connectivity index (χ3v) is 3.86. The minimum absolute atomic E-state index is 0. The van der Waals surface area contributed by atoms with Crippen LogP contribution in [-0.4, -0.2) is 45.0 Å². The number of ether oxygens (including phenoxy) is 2. The summed E-state index contributed by atoms with van der Waals surface area (Å²) in [6, 6.07) is 5.62. The highest BCUT2D eigenvalue weighted by Gasteiger charge is 2.41. The molecule has 0 heterocycles. The topological polar surface area (TPSA) is 75.1 Å². The Morgan fingerprint density at radius 3 is 2.48 bits per heavy atom. The molecule has 1 aromatic carbocycles. The van der Waals surface area contributed by atoms with Gasteiger partial charge in [0, 0.05) is 23.7 Å². The number of guanidine groups is 1. The van der Waals surface area contributed by atoms with Crippen molar-refractivity contribution in [2.45, 2.75) is 19.8 Å². The highest BCUT2D eigenvalue weighted by molar-refractivity contribution is 14.0. The first-order valence-corrected chi connectivity index (χ1v) is 7.54. The first-order chi connectivity index (χ1) is 10.7. The van der Waals surface area contributed by atoms with Gasteiger partial charge >= 0.3 is 0 Å². The number of anilines is 1. The summed E-state index contributed by atoms with van der Waals surface area (Å²) in [5.74, 6) is 2.05. The van der Waals surface area contributed by atoms with Gasteiger partial charge in [-0.15, -0.1) is 24.0 Å². The quantitative estimate of drug-likeness (QED) is 0.349. The predicted molar refractivity (Wildman–Crippen MR) is 103 cm³/mol. The zero-order chi connectivity index (χ0) is 16.0. The van der Waals surface area contributed by atoms with E-state index in [1.165, 1.54) is 0 Å². The molecule has 0 atom stereocenters. The van der Waals surface area contributed by atoms with Crippen LogP contribution in [0, 0.1) is 5.41 Å². The van der Waals surface area contributed by atoms with E-state index in [1.807, 2.05) is 25.1 Å². The number of benzene rings is 1. The van der Waals surface area contributed by atoms with Crippen molar-refractivity contribution >= 4 is 35.6 Å². The summed E-state index contributed by atoms with van der Waals surface area (Å²) in [7, 11) is 3.22. The number of aliphatic imine (C=N–C) groups is 1. The van der Waals surface area contributed by atoms with Gasteiger partial charge in [-0.05, 0) is 31.9 Å². The average molecular weight is 435 g/mol. The van der Waals surface area contributed by atoms with E-state index in [9.17, 15) is 5.11 Å². The van der Waals surface area contributed by atoms with Crippen LogP contribution >= 0.6 is 24.0 Å². The monoisotopic (exact) mass is 435 g/mol. The molecule has 0 bridgehead atoms. The fourth-order valence-corrected chi connectivity index (χ4v) is 2.15. The van der Waals surface area contributed by atoms with E-state index in [1.54, 1.807) is 14.2 Å². The van der Waals surface area contributed by atoms with Gasteiger partial charge in [-0.1, -0.05) is 0 Å². The molecule has 0 aromatic heterocycles. The summed E-state index contributed by atoms with van der Waals surface area (Å²) in [5.41, 5.74) is 0.867. The zero-order valence-corrected chi connectivity index (χ0v) is 16.2. The SMILES string of the molecule is CCNC(=NCC1(CO)CC1)Nc1ccc(OC)c(OC)c1.I. The van der Waals surface area contributed by atoms with E-state index < -0.39 is 0 Å². The standard InChI is InChI=1S/C16H25N3O3.HI/c1-4-17-15(18-10-16(11-20)7-8-16)19-12-5-6-13(21-2)14(9-12)22-3;/h5-6,9,20H,4,7-8,10-11H2,1-3H3,(H2,17,18,19);1H. The summed E-state index contributed by atoms with van der Waals surface area (Å²) < 4.78 is 10.5. The van der Waals surface area contributed by atoms with Crippen molar-refractivity contribution in [3.8, 4) is 11.5 Å². The second-order valence-corrected chi connectivity index (χ2v) is 5.55. The normalized spacial score (nSPS) is 15.4. The van der Waals surface area contributed by atoms with Crippen LogP contribution in [0.2, 0.25) is 0 Å². The maximum atomic E-state index is 9.37. The van der Waals surface area contributed by atoms with Crippen LogP contribution < -0.4 is 20.1 Å².